The SMILES string of the molecule is Cc1cc(C)c([C@H](C)N=Cc2cccc3ccccc23)c(C)c1. The third-order valence-corrected chi connectivity index (χ3v) is 4.42. The van der Waals surface area contributed by atoms with Gasteiger partial charge in [0.05, 0.1) is 6.04 Å². The summed E-state index contributed by atoms with van der Waals surface area (Å²) in [5, 5.41) is 2.51. The first-order valence-corrected chi connectivity index (χ1v) is 8.15. The van der Waals surface area contributed by atoms with Crippen LogP contribution in [0.3, 0.4) is 0 Å². The number of hydrogen-bond acceptors (Lipinski definition) is 1. The standard InChI is InChI=1S/C22H23N/c1-15-12-16(2)22(17(3)13-15)18(4)23-14-20-10-7-9-19-8-5-6-11-21(19)20/h5-14,18H,1-4H3/t18-/m0/s1. The van der Waals surface area contributed by atoms with Crippen LogP contribution in [-0.2, 0) is 0 Å². The number of fused-ring (bicyclic) bond motifs is 1. The highest BCUT2D eigenvalue weighted by molar-refractivity contribution is 5.99. The number of nitrogens with zero attached hydrogens (tertiary/aromatic N) is 1. The minimum Gasteiger partial charge on any atom is -0.285 e. The Bertz CT molecular complexity index is 846. The Balaban J connectivity index is 1.96. The molecule has 0 saturated heterocycles. The average molecular weight is 301 g/mol. The van der Waals surface area contributed by atoms with E-state index in [4.69, 9.17) is 4.99 Å². The van der Waals surface area contributed by atoms with Gasteiger partial charge in [-0.15, -0.1) is 0 Å². The Morgan fingerprint density at radius 3 is 2.26 bits per heavy atom. The Morgan fingerprint density at radius 1 is 0.870 bits per heavy atom. The molecule has 1 atom stereocenters. The maximum atomic E-state index is 4.84. The van der Waals surface area contributed by atoms with Gasteiger partial charge in [0, 0.05) is 11.8 Å². The quantitative estimate of drug-likeness (QED) is 0.530. The minimum absolute atomic E-state index is 0.162. The smallest absolute Gasteiger partial charge is 0.0726 e. The van der Waals surface area contributed by atoms with E-state index in [1.807, 2.05) is 6.21 Å². The number of benzene rings is 3. The molecule has 1 heteroatoms. The van der Waals surface area contributed by atoms with Crippen molar-refractivity contribution in [1.82, 2.24) is 0 Å². The fourth-order valence-electron chi connectivity index (χ4n) is 3.48. The first-order valence-electron chi connectivity index (χ1n) is 8.15. The van der Waals surface area contributed by atoms with Crippen molar-refractivity contribution in [3.05, 3.63) is 82.4 Å². The number of aryl methyl sites for hydroxylation is 3. The van der Waals surface area contributed by atoms with Crippen molar-refractivity contribution >= 4 is 17.0 Å². The lowest BCUT2D eigenvalue weighted by Gasteiger charge is -2.15. The van der Waals surface area contributed by atoms with E-state index in [0.717, 1.165) is 0 Å². The molecule has 3 rings (SSSR count). The molecule has 0 amide bonds. The van der Waals surface area contributed by atoms with E-state index < -0.39 is 0 Å². The van der Waals surface area contributed by atoms with Gasteiger partial charge in [0.1, 0.15) is 0 Å². The van der Waals surface area contributed by atoms with Crippen LogP contribution in [0.25, 0.3) is 10.8 Å². The third kappa shape index (κ3) is 3.19. The van der Waals surface area contributed by atoms with E-state index in [9.17, 15) is 0 Å². The molecule has 3 aromatic rings. The second-order valence-electron chi connectivity index (χ2n) is 6.33. The summed E-state index contributed by atoms with van der Waals surface area (Å²) in [7, 11) is 0. The fraction of sp³-hybridized carbons (Fsp3) is 0.227. The third-order valence-electron chi connectivity index (χ3n) is 4.42. The summed E-state index contributed by atoms with van der Waals surface area (Å²) in [6.07, 6.45) is 2.02. The largest absolute Gasteiger partial charge is 0.285 e. The molecule has 0 aliphatic rings. The zero-order valence-corrected chi connectivity index (χ0v) is 14.3. The van der Waals surface area contributed by atoms with Crippen LogP contribution in [0.1, 0.15) is 40.8 Å². The number of hydrogen-bond donors (Lipinski definition) is 0. The zero-order valence-electron chi connectivity index (χ0n) is 14.3. The van der Waals surface area contributed by atoms with Crippen molar-refractivity contribution in [2.45, 2.75) is 33.7 Å². The van der Waals surface area contributed by atoms with E-state index in [-0.39, 0.29) is 6.04 Å². The van der Waals surface area contributed by atoms with Gasteiger partial charge in [-0.25, -0.2) is 0 Å². The highest BCUT2D eigenvalue weighted by Gasteiger charge is 2.10. The van der Waals surface area contributed by atoms with Gasteiger partial charge in [-0.3, -0.25) is 4.99 Å². The normalized spacial score (nSPS) is 12.9. The summed E-state index contributed by atoms with van der Waals surface area (Å²) < 4.78 is 0. The van der Waals surface area contributed by atoms with Crippen molar-refractivity contribution < 1.29 is 0 Å². The molecule has 0 radical (unpaired) electrons. The van der Waals surface area contributed by atoms with Gasteiger partial charge in [0.15, 0.2) is 0 Å². The minimum atomic E-state index is 0.162. The van der Waals surface area contributed by atoms with E-state index in [0.29, 0.717) is 0 Å². The monoisotopic (exact) mass is 301 g/mol. The lowest BCUT2D eigenvalue weighted by Crippen LogP contribution is -1.99. The van der Waals surface area contributed by atoms with Crippen LogP contribution in [-0.4, -0.2) is 6.21 Å². The topological polar surface area (TPSA) is 12.4 Å². The molecule has 0 N–H and O–H groups in total. The van der Waals surface area contributed by atoms with Crippen molar-refractivity contribution in [3.63, 3.8) is 0 Å². The molecule has 0 saturated carbocycles. The predicted octanol–water partition coefficient (Wildman–Crippen LogP) is 5.95. The highest BCUT2D eigenvalue weighted by atomic mass is 14.8. The van der Waals surface area contributed by atoms with Crippen LogP contribution < -0.4 is 0 Å². The molecule has 3 aromatic carbocycles. The number of rotatable bonds is 3. The lowest BCUT2D eigenvalue weighted by molar-refractivity contribution is 0.807. The Labute approximate surface area is 138 Å². The van der Waals surface area contributed by atoms with E-state index in [1.54, 1.807) is 0 Å². The van der Waals surface area contributed by atoms with Crippen LogP contribution in [0.4, 0.5) is 0 Å². The second kappa shape index (κ2) is 6.37. The molecule has 23 heavy (non-hydrogen) atoms. The molecule has 0 fully saturated rings. The highest BCUT2D eigenvalue weighted by Crippen LogP contribution is 2.26. The average Bonchev–Trinajstić information content (AvgIpc) is 2.52. The molecule has 1 nitrogen and oxygen atoms in total. The molecule has 0 bridgehead atoms. The van der Waals surface area contributed by atoms with Crippen molar-refractivity contribution in [2.75, 3.05) is 0 Å². The molecule has 116 valence electrons. The molecule has 0 aliphatic carbocycles. The maximum Gasteiger partial charge on any atom is 0.0726 e. The Hall–Kier alpha value is -2.41. The van der Waals surface area contributed by atoms with Gasteiger partial charge in [0.2, 0.25) is 0 Å². The van der Waals surface area contributed by atoms with E-state index in [1.165, 1.54) is 38.6 Å². The van der Waals surface area contributed by atoms with Gasteiger partial charge in [-0.1, -0.05) is 60.2 Å². The molecule has 0 aliphatic heterocycles. The summed E-state index contributed by atoms with van der Waals surface area (Å²) in [5.74, 6) is 0. The molecule has 0 unspecified atom stereocenters. The summed E-state index contributed by atoms with van der Waals surface area (Å²) >= 11 is 0. The van der Waals surface area contributed by atoms with Gasteiger partial charge in [0.25, 0.3) is 0 Å². The lowest BCUT2D eigenvalue weighted by atomic mass is 9.95. The van der Waals surface area contributed by atoms with Crippen molar-refractivity contribution in [1.29, 1.82) is 0 Å². The fourth-order valence-corrected chi connectivity index (χ4v) is 3.48. The van der Waals surface area contributed by atoms with Crippen LogP contribution >= 0.6 is 0 Å². The Kier molecular flexibility index (Phi) is 4.29. The first-order chi connectivity index (χ1) is 11.1. The molecule has 0 heterocycles. The van der Waals surface area contributed by atoms with E-state index in [2.05, 4.69) is 82.3 Å². The zero-order chi connectivity index (χ0) is 16.4. The first kappa shape index (κ1) is 15.5. The molecular formula is C22H23N. The van der Waals surface area contributed by atoms with Crippen LogP contribution in [0.5, 0.6) is 0 Å². The van der Waals surface area contributed by atoms with Gasteiger partial charge in [-0.2, -0.15) is 0 Å². The molecular weight excluding hydrogens is 278 g/mol. The summed E-state index contributed by atoms with van der Waals surface area (Å²) in [6.45, 7) is 8.68. The van der Waals surface area contributed by atoms with Gasteiger partial charge >= 0.3 is 0 Å². The summed E-state index contributed by atoms with van der Waals surface area (Å²) in [5.41, 5.74) is 6.48. The van der Waals surface area contributed by atoms with E-state index >= 15 is 0 Å². The Morgan fingerprint density at radius 2 is 1.52 bits per heavy atom. The molecule has 0 aromatic heterocycles. The van der Waals surface area contributed by atoms with Gasteiger partial charge < -0.3 is 0 Å². The summed E-state index contributed by atoms with van der Waals surface area (Å²) in [6, 6.07) is 19.5. The summed E-state index contributed by atoms with van der Waals surface area (Å²) in [4.78, 5) is 4.84. The van der Waals surface area contributed by atoms with Crippen LogP contribution in [0.15, 0.2) is 59.6 Å². The maximum absolute atomic E-state index is 4.84. The van der Waals surface area contributed by atoms with Crippen LogP contribution in [0.2, 0.25) is 0 Å². The predicted molar refractivity (Wildman–Crippen MR) is 101 cm³/mol. The van der Waals surface area contributed by atoms with Crippen molar-refractivity contribution in [3.8, 4) is 0 Å². The van der Waals surface area contributed by atoms with Crippen molar-refractivity contribution in [2.24, 2.45) is 4.99 Å². The van der Waals surface area contributed by atoms with Crippen LogP contribution in [0, 0.1) is 20.8 Å². The number of aliphatic imine (C=N–C) groups is 1. The van der Waals surface area contributed by atoms with Gasteiger partial charge in [-0.05, 0) is 55.2 Å². The molecule has 0 spiro atoms. The second-order valence-corrected chi connectivity index (χ2v) is 6.33.